The summed E-state index contributed by atoms with van der Waals surface area (Å²) in [4.78, 5) is -0.937. The maximum atomic E-state index is 14.5. The minimum absolute atomic E-state index is 0.260. The third-order valence-corrected chi connectivity index (χ3v) is 4.85. The van der Waals surface area contributed by atoms with Gasteiger partial charge >= 0.3 is 0 Å². The molecule has 2 aromatic carbocycles. The van der Waals surface area contributed by atoms with Gasteiger partial charge in [0, 0.05) is 24.0 Å². The minimum atomic E-state index is -4.10. The summed E-state index contributed by atoms with van der Waals surface area (Å²) >= 11 is 0. The molecule has 0 saturated carbocycles. The Balaban J connectivity index is 2.29. The van der Waals surface area contributed by atoms with Crippen LogP contribution < -0.4 is 0 Å². The van der Waals surface area contributed by atoms with Crippen molar-refractivity contribution in [2.24, 2.45) is 0 Å². The summed E-state index contributed by atoms with van der Waals surface area (Å²) in [5.74, 6) is -4.69. The van der Waals surface area contributed by atoms with Crippen LogP contribution in [0.15, 0.2) is 41.3 Å². The second-order valence-corrected chi connectivity index (χ2v) is 7.82. The lowest BCUT2D eigenvalue weighted by Crippen LogP contribution is -2.08. The van der Waals surface area contributed by atoms with E-state index in [0.717, 1.165) is 18.2 Å². The molecule has 0 bridgehead atoms. The molecule has 0 amide bonds. The first-order chi connectivity index (χ1) is 13.0. The van der Waals surface area contributed by atoms with E-state index in [1.54, 1.807) is 0 Å². The number of aromatic nitrogens is 2. The standard InChI is InChI=1S/C17H10F6N2O2S/c1-28(26,27)16-6-11(20)15(5-12(16)21)25-14(7-13(24-25)17(22)23)8-2-9(18)4-10(19)3-8/h2-7,17H,1H3. The number of halogens is 6. The van der Waals surface area contributed by atoms with E-state index in [-0.39, 0.29) is 11.3 Å². The van der Waals surface area contributed by atoms with Gasteiger partial charge in [0.2, 0.25) is 0 Å². The van der Waals surface area contributed by atoms with E-state index < -0.39 is 55.8 Å². The molecule has 148 valence electrons. The second-order valence-electron chi connectivity index (χ2n) is 5.83. The summed E-state index contributed by atoms with van der Waals surface area (Å²) in [6.07, 6.45) is -2.45. The predicted molar refractivity (Wildman–Crippen MR) is 86.9 cm³/mol. The molecule has 0 aliphatic rings. The maximum Gasteiger partial charge on any atom is 0.282 e. The zero-order chi connectivity index (χ0) is 20.8. The number of rotatable bonds is 4. The van der Waals surface area contributed by atoms with Crippen molar-refractivity contribution in [2.75, 3.05) is 6.26 Å². The van der Waals surface area contributed by atoms with E-state index in [2.05, 4.69) is 5.10 Å². The summed E-state index contributed by atoms with van der Waals surface area (Å²) < 4.78 is 105. The zero-order valence-corrected chi connectivity index (χ0v) is 14.7. The van der Waals surface area contributed by atoms with Crippen LogP contribution in [0.3, 0.4) is 0 Å². The number of alkyl halides is 2. The molecule has 11 heteroatoms. The third kappa shape index (κ3) is 3.75. The maximum absolute atomic E-state index is 14.5. The lowest BCUT2D eigenvalue weighted by atomic mass is 10.1. The van der Waals surface area contributed by atoms with Crippen molar-refractivity contribution in [1.29, 1.82) is 0 Å². The summed E-state index contributed by atoms with van der Waals surface area (Å²) in [5.41, 5.74) is -2.17. The van der Waals surface area contributed by atoms with E-state index in [0.29, 0.717) is 29.1 Å². The fourth-order valence-corrected chi connectivity index (χ4v) is 3.29. The molecule has 1 heterocycles. The Bertz CT molecular complexity index is 1150. The Labute approximate surface area is 155 Å². The highest BCUT2D eigenvalue weighted by molar-refractivity contribution is 7.90. The molecule has 1 aromatic heterocycles. The molecule has 0 spiro atoms. The molecule has 0 atom stereocenters. The average Bonchev–Trinajstić information content (AvgIpc) is 3.00. The molecular weight excluding hydrogens is 410 g/mol. The first-order valence-electron chi connectivity index (χ1n) is 7.51. The Kier molecular flexibility index (Phi) is 4.96. The average molecular weight is 420 g/mol. The van der Waals surface area contributed by atoms with Crippen LogP contribution in [0.25, 0.3) is 16.9 Å². The number of nitrogens with zero attached hydrogens (tertiary/aromatic N) is 2. The van der Waals surface area contributed by atoms with Gasteiger partial charge in [-0.05, 0) is 24.3 Å². The predicted octanol–water partition coefficient (Wildman–Crippen LogP) is 4.44. The van der Waals surface area contributed by atoms with Crippen molar-refractivity contribution in [2.45, 2.75) is 11.3 Å². The van der Waals surface area contributed by atoms with Crippen LogP contribution >= 0.6 is 0 Å². The molecule has 3 aromatic rings. The summed E-state index contributed by atoms with van der Waals surface area (Å²) in [6, 6.07) is 3.73. The molecule has 28 heavy (non-hydrogen) atoms. The quantitative estimate of drug-likeness (QED) is 0.587. The first kappa shape index (κ1) is 19.9. The Morgan fingerprint density at radius 1 is 0.893 bits per heavy atom. The number of sulfone groups is 1. The normalized spacial score (nSPS) is 12.0. The third-order valence-electron chi connectivity index (χ3n) is 3.74. The monoisotopic (exact) mass is 420 g/mol. The summed E-state index contributed by atoms with van der Waals surface area (Å²) in [6.45, 7) is 0. The van der Waals surface area contributed by atoms with E-state index in [1.165, 1.54) is 0 Å². The molecular formula is C17H10F6N2O2S. The minimum Gasteiger partial charge on any atom is -0.230 e. The van der Waals surface area contributed by atoms with Crippen LogP contribution in [0.2, 0.25) is 0 Å². The van der Waals surface area contributed by atoms with Crippen LogP contribution in [0.4, 0.5) is 26.3 Å². The van der Waals surface area contributed by atoms with Gasteiger partial charge in [0.25, 0.3) is 6.43 Å². The van der Waals surface area contributed by atoms with E-state index >= 15 is 0 Å². The van der Waals surface area contributed by atoms with Crippen LogP contribution in [0, 0.1) is 23.3 Å². The van der Waals surface area contributed by atoms with E-state index in [4.69, 9.17) is 0 Å². The number of benzene rings is 2. The fraction of sp³-hybridized carbons (Fsp3) is 0.118. The van der Waals surface area contributed by atoms with Crippen molar-refractivity contribution >= 4 is 9.84 Å². The van der Waals surface area contributed by atoms with Gasteiger partial charge in [-0.25, -0.2) is 39.4 Å². The largest absolute Gasteiger partial charge is 0.282 e. The van der Waals surface area contributed by atoms with Gasteiger partial charge in [0.15, 0.2) is 9.84 Å². The van der Waals surface area contributed by atoms with Gasteiger partial charge in [0.1, 0.15) is 39.5 Å². The zero-order valence-electron chi connectivity index (χ0n) is 13.9. The lowest BCUT2D eigenvalue weighted by molar-refractivity contribution is 0.145. The van der Waals surface area contributed by atoms with Gasteiger partial charge in [-0.3, -0.25) is 0 Å². The van der Waals surface area contributed by atoms with Crippen molar-refractivity contribution in [3.05, 3.63) is 65.4 Å². The van der Waals surface area contributed by atoms with Gasteiger partial charge in [0.05, 0.1) is 5.69 Å². The van der Waals surface area contributed by atoms with E-state index in [9.17, 15) is 34.8 Å². The molecule has 4 nitrogen and oxygen atoms in total. The molecule has 0 fully saturated rings. The fourth-order valence-electron chi connectivity index (χ4n) is 2.56. The van der Waals surface area contributed by atoms with Crippen LogP contribution in [-0.4, -0.2) is 24.5 Å². The van der Waals surface area contributed by atoms with Crippen molar-refractivity contribution in [1.82, 2.24) is 9.78 Å². The summed E-state index contributed by atoms with van der Waals surface area (Å²) in [5, 5.41) is 3.48. The lowest BCUT2D eigenvalue weighted by Gasteiger charge is -2.11. The second kappa shape index (κ2) is 6.97. The SMILES string of the molecule is CS(=O)(=O)c1cc(F)c(-n2nc(C(F)F)cc2-c2cc(F)cc(F)c2)cc1F. The van der Waals surface area contributed by atoms with Gasteiger partial charge in [-0.1, -0.05) is 0 Å². The van der Waals surface area contributed by atoms with Crippen LogP contribution in [0.5, 0.6) is 0 Å². The Hall–Kier alpha value is -2.82. The van der Waals surface area contributed by atoms with Gasteiger partial charge < -0.3 is 0 Å². The van der Waals surface area contributed by atoms with Gasteiger partial charge in [-0.2, -0.15) is 5.10 Å². The topological polar surface area (TPSA) is 52.0 Å². The highest BCUT2D eigenvalue weighted by Crippen LogP contribution is 2.31. The van der Waals surface area contributed by atoms with Crippen LogP contribution in [-0.2, 0) is 9.84 Å². The molecule has 0 saturated heterocycles. The molecule has 0 unspecified atom stereocenters. The molecule has 0 radical (unpaired) electrons. The smallest absolute Gasteiger partial charge is 0.230 e. The Morgan fingerprint density at radius 2 is 1.50 bits per heavy atom. The highest BCUT2D eigenvalue weighted by atomic mass is 32.2. The first-order valence-corrected chi connectivity index (χ1v) is 9.40. The van der Waals surface area contributed by atoms with Crippen LogP contribution in [0.1, 0.15) is 12.1 Å². The molecule has 3 rings (SSSR count). The number of hydrogen-bond acceptors (Lipinski definition) is 3. The Morgan fingerprint density at radius 3 is 2.04 bits per heavy atom. The van der Waals surface area contributed by atoms with Crippen molar-refractivity contribution in [3.63, 3.8) is 0 Å². The van der Waals surface area contributed by atoms with Crippen molar-refractivity contribution < 1.29 is 34.8 Å². The summed E-state index contributed by atoms with van der Waals surface area (Å²) in [7, 11) is -4.10. The molecule has 0 N–H and O–H groups in total. The van der Waals surface area contributed by atoms with Gasteiger partial charge in [-0.15, -0.1) is 0 Å². The molecule has 0 aliphatic heterocycles. The highest BCUT2D eigenvalue weighted by Gasteiger charge is 2.23. The van der Waals surface area contributed by atoms with Crippen molar-refractivity contribution in [3.8, 4) is 16.9 Å². The number of hydrogen-bond donors (Lipinski definition) is 0. The van der Waals surface area contributed by atoms with E-state index in [1.807, 2.05) is 0 Å². The molecule has 0 aliphatic carbocycles.